The second-order valence-electron chi connectivity index (χ2n) is 4.44. The van der Waals surface area contributed by atoms with Crippen LogP contribution in [-0.4, -0.2) is 22.2 Å². The molecule has 1 aromatic heterocycles. The van der Waals surface area contributed by atoms with Gasteiger partial charge in [0.2, 0.25) is 0 Å². The number of aromatic nitrogens is 2. The monoisotopic (exact) mass is 223 g/mol. The van der Waals surface area contributed by atoms with Crippen LogP contribution in [0.25, 0.3) is 0 Å². The van der Waals surface area contributed by atoms with Crippen LogP contribution in [0.1, 0.15) is 12.1 Å². The van der Waals surface area contributed by atoms with Crippen LogP contribution in [0.4, 0.5) is 0 Å². The zero-order valence-corrected chi connectivity index (χ0v) is 9.69. The smallest absolute Gasteiger partial charge is 0.316 e. The van der Waals surface area contributed by atoms with E-state index in [4.69, 9.17) is 0 Å². The molecule has 1 atom stereocenters. The van der Waals surface area contributed by atoms with E-state index in [-0.39, 0.29) is 11.2 Å². The lowest BCUT2D eigenvalue weighted by molar-refractivity contribution is 0.539. The van der Waals surface area contributed by atoms with Crippen molar-refractivity contribution in [1.82, 2.24) is 14.5 Å². The molecule has 0 aliphatic carbocycles. The Balaban J connectivity index is 2.34. The van der Waals surface area contributed by atoms with Gasteiger partial charge < -0.3 is 9.88 Å². The molecule has 1 unspecified atom stereocenters. The van der Waals surface area contributed by atoms with Crippen LogP contribution in [0, 0.1) is 5.92 Å². The number of nitrogens with one attached hydrogen (secondary N) is 1. The van der Waals surface area contributed by atoms with Crippen LogP contribution in [0.15, 0.2) is 15.7 Å². The first-order valence-electron chi connectivity index (χ1n) is 5.56. The highest BCUT2D eigenvalue weighted by Gasteiger charge is 2.17. The van der Waals surface area contributed by atoms with Gasteiger partial charge in [-0.25, -0.2) is 4.79 Å². The minimum atomic E-state index is -0.242. The largest absolute Gasteiger partial charge is 0.330 e. The molecule has 1 aliphatic rings. The van der Waals surface area contributed by atoms with Gasteiger partial charge in [-0.3, -0.25) is 9.36 Å². The second-order valence-corrected chi connectivity index (χ2v) is 4.44. The molecule has 0 amide bonds. The van der Waals surface area contributed by atoms with Gasteiger partial charge in [0.15, 0.2) is 0 Å². The normalized spacial score (nSPS) is 20.2. The van der Waals surface area contributed by atoms with Crippen LogP contribution in [0.5, 0.6) is 0 Å². The van der Waals surface area contributed by atoms with Crippen molar-refractivity contribution in [2.24, 2.45) is 20.0 Å². The van der Waals surface area contributed by atoms with Crippen molar-refractivity contribution in [3.63, 3.8) is 0 Å². The molecule has 2 rings (SSSR count). The maximum absolute atomic E-state index is 11.7. The minimum absolute atomic E-state index is 0.218. The quantitative estimate of drug-likeness (QED) is 0.717. The first-order chi connectivity index (χ1) is 7.59. The lowest BCUT2D eigenvalue weighted by Gasteiger charge is -2.12. The summed E-state index contributed by atoms with van der Waals surface area (Å²) < 4.78 is 2.70. The SMILES string of the molecule is Cn1c(CC2CCNC2)cc(=O)n(C)c1=O. The van der Waals surface area contributed by atoms with Crippen molar-refractivity contribution in [3.8, 4) is 0 Å². The summed E-state index contributed by atoms with van der Waals surface area (Å²) >= 11 is 0. The van der Waals surface area contributed by atoms with Gasteiger partial charge in [-0.2, -0.15) is 0 Å². The highest BCUT2D eigenvalue weighted by Crippen LogP contribution is 2.12. The maximum atomic E-state index is 11.7. The summed E-state index contributed by atoms with van der Waals surface area (Å²) in [5.74, 6) is 0.540. The molecule has 1 N–H and O–H groups in total. The number of hydrogen-bond acceptors (Lipinski definition) is 3. The van der Waals surface area contributed by atoms with Gasteiger partial charge in [0.1, 0.15) is 0 Å². The summed E-state index contributed by atoms with van der Waals surface area (Å²) in [6.07, 6.45) is 1.91. The topological polar surface area (TPSA) is 56.0 Å². The first-order valence-corrected chi connectivity index (χ1v) is 5.56. The standard InChI is InChI=1S/C11H17N3O2/c1-13-9(5-8-3-4-12-7-8)6-10(15)14(2)11(13)16/h6,8,12H,3-5,7H2,1-2H3. The lowest BCUT2D eigenvalue weighted by atomic mass is 10.0. The average molecular weight is 223 g/mol. The Bertz CT molecular complexity index is 495. The van der Waals surface area contributed by atoms with Gasteiger partial charge in [-0.15, -0.1) is 0 Å². The van der Waals surface area contributed by atoms with Gasteiger partial charge in [-0.1, -0.05) is 0 Å². The minimum Gasteiger partial charge on any atom is -0.316 e. The van der Waals surface area contributed by atoms with E-state index in [0.29, 0.717) is 5.92 Å². The zero-order valence-electron chi connectivity index (χ0n) is 9.69. The third-order valence-corrected chi connectivity index (χ3v) is 3.29. The Morgan fingerprint density at radius 2 is 2.12 bits per heavy atom. The molecule has 0 spiro atoms. The van der Waals surface area contributed by atoms with Crippen LogP contribution in [0.2, 0.25) is 0 Å². The highest BCUT2D eigenvalue weighted by atomic mass is 16.2. The fourth-order valence-corrected chi connectivity index (χ4v) is 2.16. The maximum Gasteiger partial charge on any atom is 0.330 e. The second kappa shape index (κ2) is 4.25. The van der Waals surface area contributed by atoms with Gasteiger partial charge in [0, 0.05) is 25.9 Å². The summed E-state index contributed by atoms with van der Waals surface area (Å²) in [6, 6.07) is 1.57. The number of nitrogens with zero attached hydrogens (tertiary/aromatic N) is 2. The van der Waals surface area contributed by atoms with Crippen LogP contribution >= 0.6 is 0 Å². The molecule has 1 fully saturated rings. The van der Waals surface area contributed by atoms with E-state index in [2.05, 4.69) is 5.32 Å². The van der Waals surface area contributed by atoms with Gasteiger partial charge in [0.05, 0.1) is 0 Å². The van der Waals surface area contributed by atoms with E-state index >= 15 is 0 Å². The van der Waals surface area contributed by atoms with Crippen molar-refractivity contribution in [2.75, 3.05) is 13.1 Å². The van der Waals surface area contributed by atoms with Crippen molar-refractivity contribution < 1.29 is 0 Å². The summed E-state index contributed by atoms with van der Waals surface area (Å²) in [4.78, 5) is 23.2. The summed E-state index contributed by atoms with van der Waals surface area (Å²) in [5.41, 5.74) is 0.374. The predicted octanol–water partition coefficient (Wildman–Crippen LogP) is -0.764. The Morgan fingerprint density at radius 3 is 2.75 bits per heavy atom. The van der Waals surface area contributed by atoms with E-state index in [0.717, 1.165) is 36.2 Å². The highest BCUT2D eigenvalue weighted by molar-refractivity contribution is 5.04. The van der Waals surface area contributed by atoms with E-state index in [1.807, 2.05) is 0 Å². The molecule has 88 valence electrons. The molecule has 0 saturated carbocycles. The van der Waals surface area contributed by atoms with Gasteiger partial charge in [0.25, 0.3) is 5.56 Å². The van der Waals surface area contributed by atoms with Crippen LogP contribution in [0.3, 0.4) is 0 Å². The van der Waals surface area contributed by atoms with E-state index in [1.54, 1.807) is 17.7 Å². The fraction of sp³-hybridized carbons (Fsp3) is 0.636. The van der Waals surface area contributed by atoms with Crippen LogP contribution < -0.4 is 16.6 Å². The van der Waals surface area contributed by atoms with E-state index < -0.39 is 0 Å². The van der Waals surface area contributed by atoms with Crippen molar-refractivity contribution in [1.29, 1.82) is 0 Å². The molecule has 1 aromatic rings. The Labute approximate surface area is 93.7 Å². The molecule has 5 nitrogen and oxygen atoms in total. The molecule has 5 heteroatoms. The molecule has 0 bridgehead atoms. The molecule has 16 heavy (non-hydrogen) atoms. The fourth-order valence-electron chi connectivity index (χ4n) is 2.16. The molecule has 1 aliphatic heterocycles. The molecular weight excluding hydrogens is 206 g/mol. The first kappa shape index (κ1) is 11.1. The van der Waals surface area contributed by atoms with Gasteiger partial charge >= 0.3 is 5.69 Å². The van der Waals surface area contributed by atoms with Crippen LogP contribution in [-0.2, 0) is 20.5 Å². The van der Waals surface area contributed by atoms with Crippen molar-refractivity contribution in [3.05, 3.63) is 32.6 Å². The van der Waals surface area contributed by atoms with Gasteiger partial charge in [-0.05, 0) is 31.8 Å². The number of rotatable bonds is 2. The molecule has 1 saturated heterocycles. The molecule has 0 aromatic carbocycles. The average Bonchev–Trinajstić information content (AvgIpc) is 2.76. The lowest BCUT2D eigenvalue weighted by Crippen LogP contribution is -2.38. The predicted molar refractivity (Wildman–Crippen MR) is 61.6 cm³/mol. The summed E-state index contributed by atoms with van der Waals surface area (Å²) in [5, 5.41) is 3.28. The third-order valence-electron chi connectivity index (χ3n) is 3.29. The summed E-state index contributed by atoms with van der Waals surface area (Å²) in [7, 11) is 3.23. The Kier molecular flexibility index (Phi) is 2.96. The molecular formula is C11H17N3O2. The van der Waals surface area contributed by atoms with Crippen molar-refractivity contribution in [2.45, 2.75) is 12.8 Å². The Morgan fingerprint density at radius 1 is 1.38 bits per heavy atom. The van der Waals surface area contributed by atoms with E-state index in [1.165, 1.54) is 7.05 Å². The zero-order chi connectivity index (χ0) is 11.7. The van der Waals surface area contributed by atoms with Crippen molar-refractivity contribution >= 4 is 0 Å². The van der Waals surface area contributed by atoms with E-state index in [9.17, 15) is 9.59 Å². The summed E-state index contributed by atoms with van der Waals surface area (Å²) in [6.45, 7) is 2.01. The molecule has 2 heterocycles. The molecule has 0 radical (unpaired) electrons. The number of hydrogen-bond donors (Lipinski definition) is 1. The Hall–Kier alpha value is -1.36. The third kappa shape index (κ3) is 1.95.